The maximum absolute atomic E-state index is 6.21. The van der Waals surface area contributed by atoms with E-state index in [1.165, 1.54) is 19.5 Å². The maximum atomic E-state index is 6.21. The lowest BCUT2D eigenvalue weighted by Gasteiger charge is -2.25. The molecule has 0 radical (unpaired) electrons. The van der Waals surface area contributed by atoms with Crippen LogP contribution in [0.3, 0.4) is 0 Å². The third kappa shape index (κ3) is 2.86. The Morgan fingerprint density at radius 3 is 2.68 bits per heavy atom. The second kappa shape index (κ2) is 5.41. The Morgan fingerprint density at radius 1 is 1.47 bits per heavy atom. The van der Waals surface area contributed by atoms with Crippen LogP contribution in [0.1, 0.15) is 32.0 Å². The van der Waals surface area contributed by atoms with Gasteiger partial charge in [0.05, 0.1) is 11.4 Å². The van der Waals surface area contributed by atoms with Crippen LogP contribution in [0.2, 0.25) is 0 Å². The van der Waals surface area contributed by atoms with Crippen molar-refractivity contribution in [2.24, 2.45) is 5.92 Å². The van der Waals surface area contributed by atoms with Gasteiger partial charge in [-0.2, -0.15) is 5.10 Å². The zero-order valence-corrected chi connectivity index (χ0v) is 12.8. The molecule has 1 atom stereocenters. The molecule has 0 amide bonds. The average molecular weight is 265 g/mol. The molecule has 2 heterocycles. The molecule has 1 saturated heterocycles. The lowest BCUT2D eigenvalue weighted by atomic mass is 10.1. The first-order valence-corrected chi connectivity index (χ1v) is 7.14. The van der Waals surface area contributed by atoms with Crippen molar-refractivity contribution < 1.29 is 0 Å². The second-order valence-electron chi connectivity index (χ2n) is 6.16. The van der Waals surface area contributed by atoms with E-state index in [2.05, 4.69) is 42.8 Å². The van der Waals surface area contributed by atoms with Crippen LogP contribution in [0.15, 0.2) is 0 Å². The van der Waals surface area contributed by atoms with E-state index < -0.39 is 0 Å². The van der Waals surface area contributed by atoms with Crippen LogP contribution < -0.4 is 10.6 Å². The highest BCUT2D eigenvalue weighted by atomic mass is 15.4. The number of anilines is 2. The Morgan fingerprint density at radius 2 is 2.16 bits per heavy atom. The number of nitrogen functional groups attached to an aromatic ring is 1. The average Bonchev–Trinajstić information content (AvgIpc) is 2.84. The number of hydrogen-bond donors (Lipinski definition) is 1. The van der Waals surface area contributed by atoms with Gasteiger partial charge >= 0.3 is 0 Å². The summed E-state index contributed by atoms with van der Waals surface area (Å²) in [5.74, 6) is 1.80. The predicted octanol–water partition coefficient (Wildman–Crippen LogP) is 1.74. The van der Waals surface area contributed by atoms with Crippen molar-refractivity contribution in [1.29, 1.82) is 0 Å². The normalized spacial score (nSPS) is 20.4. The predicted molar refractivity (Wildman–Crippen MR) is 80.6 cm³/mol. The summed E-state index contributed by atoms with van der Waals surface area (Å²) < 4.78 is 2.04. The lowest BCUT2D eigenvalue weighted by Crippen LogP contribution is -2.30. The first-order valence-electron chi connectivity index (χ1n) is 7.14. The molecular weight excluding hydrogens is 238 g/mol. The Bertz CT molecular complexity index is 437. The lowest BCUT2D eigenvalue weighted by molar-refractivity contribution is 0.395. The minimum absolute atomic E-state index is 0.333. The molecule has 0 aliphatic carbocycles. The molecule has 0 bridgehead atoms. The molecule has 108 valence electrons. The van der Waals surface area contributed by atoms with Crippen molar-refractivity contribution in [3.8, 4) is 0 Å². The molecule has 0 aromatic carbocycles. The van der Waals surface area contributed by atoms with Crippen molar-refractivity contribution in [3.05, 3.63) is 5.69 Å². The molecule has 1 aliphatic heterocycles. The van der Waals surface area contributed by atoms with Gasteiger partial charge in [-0.1, -0.05) is 0 Å². The van der Waals surface area contributed by atoms with Crippen molar-refractivity contribution in [2.45, 2.75) is 33.2 Å². The number of aromatic nitrogens is 2. The first-order chi connectivity index (χ1) is 8.90. The Labute approximate surface area is 116 Å². The van der Waals surface area contributed by atoms with Crippen LogP contribution in [0.5, 0.6) is 0 Å². The summed E-state index contributed by atoms with van der Waals surface area (Å²) in [5.41, 5.74) is 7.96. The quantitative estimate of drug-likeness (QED) is 0.901. The fourth-order valence-corrected chi connectivity index (χ4v) is 2.94. The molecule has 0 saturated carbocycles. The standard InChI is InChI=1S/C14H27N5/c1-10(2)19-14(13(15)11(3)16-19)18(5)9-12-6-7-17(4)8-12/h10,12H,6-9,15H2,1-5H3. The SMILES string of the molecule is Cc1nn(C(C)C)c(N(C)CC2CCN(C)C2)c1N. The third-order valence-electron chi connectivity index (χ3n) is 3.98. The smallest absolute Gasteiger partial charge is 0.150 e. The van der Waals surface area contributed by atoms with Crippen molar-refractivity contribution in [1.82, 2.24) is 14.7 Å². The molecule has 2 rings (SSSR count). The Kier molecular flexibility index (Phi) is 4.04. The van der Waals surface area contributed by atoms with Crippen molar-refractivity contribution in [3.63, 3.8) is 0 Å². The highest BCUT2D eigenvalue weighted by Crippen LogP contribution is 2.29. The molecule has 1 aliphatic rings. The van der Waals surface area contributed by atoms with Crippen LogP contribution >= 0.6 is 0 Å². The molecule has 1 aromatic heterocycles. The van der Waals surface area contributed by atoms with Gasteiger partial charge in [-0.3, -0.25) is 0 Å². The minimum atomic E-state index is 0.333. The van der Waals surface area contributed by atoms with Gasteiger partial charge in [-0.05, 0) is 46.7 Å². The summed E-state index contributed by atoms with van der Waals surface area (Å²) >= 11 is 0. The molecule has 5 heteroatoms. The molecule has 1 fully saturated rings. The summed E-state index contributed by atoms with van der Waals surface area (Å²) in [7, 11) is 4.32. The highest BCUT2D eigenvalue weighted by Gasteiger charge is 2.24. The van der Waals surface area contributed by atoms with Crippen LogP contribution in [0.25, 0.3) is 0 Å². The molecule has 1 aromatic rings. The third-order valence-corrected chi connectivity index (χ3v) is 3.98. The fraction of sp³-hybridized carbons (Fsp3) is 0.786. The van der Waals surface area contributed by atoms with E-state index in [9.17, 15) is 0 Å². The molecule has 5 nitrogen and oxygen atoms in total. The number of nitrogens with two attached hydrogens (primary N) is 1. The van der Waals surface area contributed by atoms with E-state index in [1.807, 2.05) is 11.6 Å². The van der Waals surface area contributed by atoms with Crippen molar-refractivity contribution >= 4 is 11.5 Å². The van der Waals surface area contributed by atoms with Gasteiger partial charge in [0.25, 0.3) is 0 Å². The monoisotopic (exact) mass is 265 g/mol. The van der Waals surface area contributed by atoms with Gasteiger partial charge in [0.2, 0.25) is 0 Å². The van der Waals surface area contributed by atoms with E-state index in [-0.39, 0.29) is 0 Å². The van der Waals surface area contributed by atoms with E-state index in [1.54, 1.807) is 0 Å². The number of rotatable bonds is 4. The van der Waals surface area contributed by atoms with Gasteiger partial charge in [0.15, 0.2) is 5.82 Å². The first kappa shape index (κ1) is 14.2. The number of aryl methyl sites for hydroxylation is 1. The van der Waals surface area contributed by atoms with E-state index >= 15 is 0 Å². The summed E-state index contributed by atoms with van der Waals surface area (Å²) in [6.45, 7) is 9.70. The summed E-state index contributed by atoms with van der Waals surface area (Å²) in [4.78, 5) is 4.67. The largest absolute Gasteiger partial charge is 0.394 e. The fourth-order valence-electron chi connectivity index (χ4n) is 2.94. The highest BCUT2D eigenvalue weighted by molar-refractivity contribution is 5.66. The van der Waals surface area contributed by atoms with Gasteiger partial charge in [-0.25, -0.2) is 4.68 Å². The summed E-state index contributed by atoms with van der Waals surface area (Å²) in [5, 5.41) is 4.56. The number of likely N-dealkylation sites (tertiary alicyclic amines) is 1. The van der Waals surface area contributed by atoms with Gasteiger partial charge in [0, 0.05) is 26.2 Å². The molecular formula is C14H27N5. The zero-order valence-electron chi connectivity index (χ0n) is 12.8. The van der Waals surface area contributed by atoms with Gasteiger partial charge in [0.1, 0.15) is 0 Å². The van der Waals surface area contributed by atoms with E-state index in [0.717, 1.165) is 29.7 Å². The molecule has 0 spiro atoms. The Balaban J connectivity index is 2.16. The van der Waals surface area contributed by atoms with Crippen LogP contribution in [-0.4, -0.2) is 48.4 Å². The second-order valence-corrected chi connectivity index (χ2v) is 6.16. The minimum Gasteiger partial charge on any atom is -0.394 e. The number of nitrogens with zero attached hydrogens (tertiary/aromatic N) is 4. The van der Waals surface area contributed by atoms with E-state index in [0.29, 0.717) is 6.04 Å². The van der Waals surface area contributed by atoms with Crippen molar-refractivity contribution in [2.75, 3.05) is 44.4 Å². The van der Waals surface area contributed by atoms with Crippen LogP contribution in [0, 0.1) is 12.8 Å². The summed E-state index contributed by atoms with van der Waals surface area (Å²) in [6.07, 6.45) is 1.27. The maximum Gasteiger partial charge on any atom is 0.150 e. The molecule has 19 heavy (non-hydrogen) atoms. The van der Waals surface area contributed by atoms with Crippen LogP contribution in [0.4, 0.5) is 11.5 Å². The van der Waals surface area contributed by atoms with Gasteiger partial charge in [-0.15, -0.1) is 0 Å². The topological polar surface area (TPSA) is 50.3 Å². The molecule has 2 N–H and O–H groups in total. The number of hydrogen-bond acceptors (Lipinski definition) is 4. The molecule has 1 unspecified atom stereocenters. The zero-order chi connectivity index (χ0) is 14.2. The van der Waals surface area contributed by atoms with Gasteiger partial charge < -0.3 is 15.5 Å². The Hall–Kier alpha value is -1.23. The van der Waals surface area contributed by atoms with Crippen LogP contribution in [-0.2, 0) is 0 Å². The van der Waals surface area contributed by atoms with E-state index in [4.69, 9.17) is 5.73 Å². The summed E-state index contributed by atoms with van der Waals surface area (Å²) in [6, 6.07) is 0.333.